The number of hydrogen-bond acceptors (Lipinski definition) is 4. The lowest BCUT2D eigenvalue weighted by Crippen LogP contribution is -2.31. The number of rotatable bonds is 5. The van der Waals surface area contributed by atoms with Crippen molar-refractivity contribution < 1.29 is 22.3 Å². The Morgan fingerprint density at radius 2 is 1.86 bits per heavy atom. The van der Waals surface area contributed by atoms with E-state index in [-0.39, 0.29) is 36.4 Å². The van der Waals surface area contributed by atoms with E-state index in [0.29, 0.717) is 12.6 Å². The summed E-state index contributed by atoms with van der Waals surface area (Å²) in [4.78, 5) is 1.66. The average molecular weight is 334 g/mol. The Hall–Kier alpha value is -1.09. The maximum Gasteiger partial charge on any atom is 0.243 e. The van der Waals surface area contributed by atoms with Crippen LogP contribution in [0.4, 0.5) is 8.78 Å². The first-order valence-corrected chi connectivity index (χ1v) is 8.40. The number of hydrogen-bond donors (Lipinski definition) is 1. The van der Waals surface area contributed by atoms with Crippen molar-refractivity contribution >= 4 is 10.0 Å². The number of halogens is 2. The SMILES string of the molecule is CN(C)CC1CN(S(=O)(=O)c2ccc(F)c(F)c2)CC1CO. The molecule has 124 valence electrons. The van der Waals surface area contributed by atoms with Crippen LogP contribution in [0.3, 0.4) is 0 Å². The van der Waals surface area contributed by atoms with E-state index in [1.54, 1.807) is 0 Å². The van der Waals surface area contributed by atoms with Gasteiger partial charge < -0.3 is 10.0 Å². The fraction of sp³-hybridized carbons (Fsp3) is 0.571. The predicted molar refractivity (Wildman–Crippen MR) is 77.7 cm³/mol. The molecule has 5 nitrogen and oxygen atoms in total. The molecule has 1 aromatic rings. The zero-order chi connectivity index (χ0) is 16.5. The Morgan fingerprint density at radius 1 is 1.23 bits per heavy atom. The first kappa shape index (κ1) is 17.3. The van der Waals surface area contributed by atoms with Crippen molar-refractivity contribution in [2.75, 3.05) is 40.3 Å². The van der Waals surface area contributed by atoms with Crippen LogP contribution in [-0.4, -0.2) is 63.1 Å². The zero-order valence-corrected chi connectivity index (χ0v) is 13.4. The maximum atomic E-state index is 13.3. The molecule has 0 aromatic heterocycles. The third-order valence-corrected chi connectivity index (χ3v) is 5.73. The lowest BCUT2D eigenvalue weighted by molar-refractivity contribution is 0.185. The summed E-state index contributed by atoms with van der Waals surface area (Å²) in [5.74, 6) is -2.44. The highest BCUT2D eigenvalue weighted by Crippen LogP contribution is 2.29. The fourth-order valence-electron chi connectivity index (χ4n) is 2.76. The third-order valence-electron chi connectivity index (χ3n) is 3.91. The number of aliphatic hydroxyl groups is 1. The van der Waals surface area contributed by atoms with E-state index < -0.39 is 21.7 Å². The molecule has 1 aromatic carbocycles. The largest absolute Gasteiger partial charge is 0.396 e. The van der Waals surface area contributed by atoms with E-state index in [1.165, 1.54) is 4.31 Å². The number of benzene rings is 1. The monoisotopic (exact) mass is 334 g/mol. The van der Waals surface area contributed by atoms with Crippen molar-refractivity contribution in [2.45, 2.75) is 4.90 Å². The summed E-state index contributed by atoms with van der Waals surface area (Å²) < 4.78 is 52.5. The smallest absolute Gasteiger partial charge is 0.243 e. The van der Waals surface area contributed by atoms with Crippen molar-refractivity contribution in [3.63, 3.8) is 0 Å². The van der Waals surface area contributed by atoms with E-state index in [0.717, 1.165) is 12.1 Å². The van der Waals surface area contributed by atoms with Gasteiger partial charge in [-0.2, -0.15) is 4.31 Å². The Bertz CT molecular complexity index is 637. The molecule has 0 saturated carbocycles. The highest BCUT2D eigenvalue weighted by Gasteiger charge is 2.39. The molecular formula is C14H20F2N2O3S. The lowest BCUT2D eigenvalue weighted by Gasteiger charge is -2.20. The van der Waals surface area contributed by atoms with Gasteiger partial charge in [0.2, 0.25) is 10.0 Å². The summed E-state index contributed by atoms with van der Waals surface area (Å²) in [5, 5.41) is 9.43. The first-order valence-electron chi connectivity index (χ1n) is 6.96. The third kappa shape index (κ3) is 3.45. The molecule has 0 aliphatic carbocycles. The second kappa shape index (κ2) is 6.57. The minimum absolute atomic E-state index is 0.0000651. The Balaban J connectivity index is 2.24. The van der Waals surface area contributed by atoms with Gasteiger partial charge >= 0.3 is 0 Å². The highest BCUT2D eigenvalue weighted by atomic mass is 32.2. The fourth-order valence-corrected chi connectivity index (χ4v) is 4.33. The summed E-state index contributed by atoms with van der Waals surface area (Å²) >= 11 is 0. The van der Waals surface area contributed by atoms with Gasteiger partial charge in [0.15, 0.2) is 11.6 Å². The summed E-state index contributed by atoms with van der Waals surface area (Å²) in [7, 11) is -0.141. The van der Waals surface area contributed by atoms with Gasteiger partial charge in [-0.1, -0.05) is 0 Å². The quantitative estimate of drug-likeness (QED) is 0.863. The van der Waals surface area contributed by atoms with Gasteiger partial charge in [0.1, 0.15) is 0 Å². The minimum atomic E-state index is -3.89. The van der Waals surface area contributed by atoms with Gasteiger partial charge in [-0.05, 0) is 38.2 Å². The molecule has 8 heteroatoms. The van der Waals surface area contributed by atoms with Crippen LogP contribution < -0.4 is 0 Å². The van der Waals surface area contributed by atoms with Gasteiger partial charge in [0.25, 0.3) is 0 Å². The lowest BCUT2D eigenvalue weighted by atomic mass is 9.97. The van der Waals surface area contributed by atoms with Gasteiger partial charge in [-0.15, -0.1) is 0 Å². The van der Waals surface area contributed by atoms with Crippen LogP contribution in [0.5, 0.6) is 0 Å². The van der Waals surface area contributed by atoms with Crippen molar-refractivity contribution in [1.82, 2.24) is 9.21 Å². The number of aliphatic hydroxyl groups excluding tert-OH is 1. The van der Waals surface area contributed by atoms with E-state index >= 15 is 0 Å². The molecule has 0 radical (unpaired) electrons. The predicted octanol–water partition coefficient (Wildman–Crippen LogP) is 0.755. The number of sulfonamides is 1. The molecule has 1 saturated heterocycles. The molecule has 2 unspecified atom stereocenters. The molecular weight excluding hydrogens is 314 g/mol. The van der Waals surface area contributed by atoms with Crippen LogP contribution in [0.1, 0.15) is 0 Å². The molecule has 1 N–H and O–H groups in total. The van der Waals surface area contributed by atoms with Gasteiger partial charge in [-0.3, -0.25) is 0 Å². The summed E-state index contributed by atoms with van der Waals surface area (Å²) in [6, 6.07) is 2.55. The molecule has 22 heavy (non-hydrogen) atoms. The second-order valence-electron chi connectivity index (χ2n) is 5.86. The van der Waals surface area contributed by atoms with Gasteiger partial charge in [0, 0.05) is 32.2 Å². The van der Waals surface area contributed by atoms with Crippen LogP contribution in [0.15, 0.2) is 23.1 Å². The normalized spacial score (nSPS) is 23.4. The van der Waals surface area contributed by atoms with Crippen molar-refractivity contribution in [2.24, 2.45) is 11.8 Å². The molecule has 1 aliphatic heterocycles. The van der Waals surface area contributed by atoms with E-state index in [1.807, 2.05) is 19.0 Å². The Kier molecular flexibility index (Phi) is 5.16. The molecule has 2 atom stereocenters. The molecule has 1 aliphatic rings. The van der Waals surface area contributed by atoms with Gasteiger partial charge in [-0.25, -0.2) is 17.2 Å². The topological polar surface area (TPSA) is 60.9 Å². The van der Waals surface area contributed by atoms with Crippen molar-refractivity contribution in [3.05, 3.63) is 29.8 Å². The molecule has 1 heterocycles. The molecule has 1 fully saturated rings. The standard InChI is InChI=1S/C14H20F2N2O3S/c1-17(2)6-10-7-18(8-11(10)9-19)22(20,21)12-3-4-13(15)14(16)5-12/h3-5,10-11,19H,6-9H2,1-2H3. The Morgan fingerprint density at radius 3 is 2.41 bits per heavy atom. The van der Waals surface area contributed by atoms with E-state index in [4.69, 9.17) is 0 Å². The number of nitrogens with zero attached hydrogens (tertiary/aromatic N) is 2. The maximum absolute atomic E-state index is 13.3. The molecule has 0 bridgehead atoms. The van der Waals surface area contributed by atoms with E-state index in [2.05, 4.69) is 0 Å². The minimum Gasteiger partial charge on any atom is -0.396 e. The van der Waals surface area contributed by atoms with Crippen LogP contribution in [0.25, 0.3) is 0 Å². The summed E-state index contributed by atoms with van der Waals surface area (Å²) in [5.41, 5.74) is 0. The molecule has 0 amide bonds. The van der Waals surface area contributed by atoms with Crippen LogP contribution in [0.2, 0.25) is 0 Å². The van der Waals surface area contributed by atoms with Crippen LogP contribution in [0, 0.1) is 23.5 Å². The molecule has 0 spiro atoms. The highest BCUT2D eigenvalue weighted by molar-refractivity contribution is 7.89. The van der Waals surface area contributed by atoms with Crippen molar-refractivity contribution in [1.29, 1.82) is 0 Å². The van der Waals surface area contributed by atoms with Crippen LogP contribution in [-0.2, 0) is 10.0 Å². The van der Waals surface area contributed by atoms with E-state index in [9.17, 15) is 22.3 Å². The zero-order valence-electron chi connectivity index (χ0n) is 12.5. The second-order valence-corrected chi connectivity index (χ2v) is 7.80. The van der Waals surface area contributed by atoms with Crippen LogP contribution >= 0.6 is 0 Å². The summed E-state index contributed by atoms with van der Waals surface area (Å²) in [6.45, 7) is 0.971. The Labute approximate surface area is 129 Å². The first-order chi connectivity index (χ1) is 10.3. The van der Waals surface area contributed by atoms with Crippen molar-refractivity contribution in [3.8, 4) is 0 Å². The molecule has 2 rings (SSSR count). The van der Waals surface area contributed by atoms with Gasteiger partial charge in [0.05, 0.1) is 4.90 Å². The summed E-state index contributed by atoms with van der Waals surface area (Å²) in [6.07, 6.45) is 0. The average Bonchev–Trinajstić information content (AvgIpc) is 2.84.